The minimum absolute atomic E-state index is 0.721. The minimum atomic E-state index is 0.721. The summed E-state index contributed by atoms with van der Waals surface area (Å²) in [4.78, 5) is 9.47. The van der Waals surface area contributed by atoms with Gasteiger partial charge >= 0.3 is 0 Å². The summed E-state index contributed by atoms with van der Waals surface area (Å²) in [6, 6.07) is 21.8. The van der Waals surface area contributed by atoms with E-state index >= 15 is 0 Å². The van der Waals surface area contributed by atoms with Gasteiger partial charge in [0, 0.05) is 10.6 Å². The van der Waals surface area contributed by atoms with Crippen molar-refractivity contribution in [1.29, 1.82) is 0 Å². The third-order valence-electron chi connectivity index (χ3n) is 3.51. The van der Waals surface area contributed by atoms with E-state index in [1.165, 1.54) is 0 Å². The number of hydrogen-bond acceptors (Lipinski definition) is 2. The van der Waals surface area contributed by atoms with Gasteiger partial charge in [0.05, 0.1) is 22.1 Å². The Labute approximate surface area is 127 Å². The average molecular weight is 291 g/mol. The molecule has 0 N–H and O–H groups in total. The van der Waals surface area contributed by atoms with E-state index in [9.17, 15) is 0 Å². The van der Waals surface area contributed by atoms with Gasteiger partial charge < -0.3 is 0 Å². The molecule has 1 aromatic heterocycles. The molecule has 0 bridgehead atoms. The van der Waals surface area contributed by atoms with Gasteiger partial charge in [-0.2, -0.15) is 0 Å². The maximum absolute atomic E-state index is 6.10. The molecule has 0 fully saturated rings. The van der Waals surface area contributed by atoms with Crippen LogP contribution >= 0.6 is 11.6 Å². The second kappa shape index (κ2) is 4.83. The van der Waals surface area contributed by atoms with Gasteiger partial charge in [-0.3, -0.25) is 0 Å². The highest BCUT2D eigenvalue weighted by Gasteiger charge is 2.08. The molecule has 0 atom stereocenters. The monoisotopic (exact) mass is 290 g/mol. The Morgan fingerprint density at radius 1 is 0.667 bits per heavy atom. The summed E-state index contributed by atoms with van der Waals surface area (Å²) in [5.41, 5.74) is 5.71. The van der Waals surface area contributed by atoms with E-state index in [4.69, 9.17) is 21.6 Å². The maximum atomic E-state index is 6.10. The molecule has 3 heteroatoms. The topological polar surface area (TPSA) is 25.8 Å². The molecule has 0 amide bonds. The molecule has 0 radical (unpaired) electrons. The first-order valence-corrected chi connectivity index (χ1v) is 7.10. The second-order valence-corrected chi connectivity index (χ2v) is 5.33. The lowest BCUT2D eigenvalue weighted by Crippen LogP contribution is -1.90. The average Bonchev–Trinajstić information content (AvgIpc) is 2.52. The first-order valence-electron chi connectivity index (χ1n) is 6.73. The number of fused-ring (bicyclic) bond motifs is 2. The van der Waals surface area contributed by atoms with E-state index in [0.29, 0.717) is 0 Å². The van der Waals surface area contributed by atoms with Crippen LogP contribution in [0.5, 0.6) is 0 Å². The lowest BCUT2D eigenvalue weighted by molar-refractivity contribution is 1.39. The SMILES string of the molecule is Clc1cccc(-c2cccc3nc4ccccc4nc23)c1. The summed E-state index contributed by atoms with van der Waals surface area (Å²) in [6.07, 6.45) is 0. The van der Waals surface area contributed by atoms with E-state index in [0.717, 1.165) is 38.2 Å². The van der Waals surface area contributed by atoms with Crippen molar-refractivity contribution in [2.45, 2.75) is 0 Å². The largest absolute Gasteiger partial charge is 0.244 e. The fourth-order valence-electron chi connectivity index (χ4n) is 2.53. The first kappa shape index (κ1) is 12.3. The molecule has 0 saturated heterocycles. The molecule has 21 heavy (non-hydrogen) atoms. The first-order chi connectivity index (χ1) is 10.3. The van der Waals surface area contributed by atoms with E-state index in [2.05, 4.69) is 6.07 Å². The van der Waals surface area contributed by atoms with Gasteiger partial charge in [0.1, 0.15) is 0 Å². The lowest BCUT2D eigenvalue weighted by atomic mass is 10.0. The number of para-hydroxylation sites is 3. The van der Waals surface area contributed by atoms with Gasteiger partial charge in [-0.1, -0.05) is 48.0 Å². The van der Waals surface area contributed by atoms with Gasteiger partial charge in [0.25, 0.3) is 0 Å². The molecule has 0 aliphatic carbocycles. The Hall–Kier alpha value is -2.45. The molecule has 0 unspecified atom stereocenters. The predicted molar refractivity (Wildman–Crippen MR) is 87.5 cm³/mol. The zero-order chi connectivity index (χ0) is 14.2. The van der Waals surface area contributed by atoms with Crippen LogP contribution in [0.15, 0.2) is 66.7 Å². The van der Waals surface area contributed by atoms with Crippen molar-refractivity contribution >= 4 is 33.7 Å². The van der Waals surface area contributed by atoms with E-state index in [1.807, 2.05) is 60.7 Å². The Morgan fingerprint density at radius 2 is 1.38 bits per heavy atom. The van der Waals surface area contributed by atoms with Crippen LogP contribution in [0, 0.1) is 0 Å². The predicted octanol–water partition coefficient (Wildman–Crippen LogP) is 5.10. The molecule has 4 aromatic rings. The number of aromatic nitrogens is 2. The quantitative estimate of drug-likeness (QED) is 0.456. The molecular formula is C18H11ClN2. The van der Waals surface area contributed by atoms with Gasteiger partial charge in [-0.15, -0.1) is 0 Å². The summed E-state index contributed by atoms with van der Waals surface area (Å²) < 4.78 is 0. The molecule has 1 heterocycles. The van der Waals surface area contributed by atoms with Crippen molar-refractivity contribution in [3.05, 3.63) is 71.8 Å². The Morgan fingerprint density at radius 3 is 2.19 bits per heavy atom. The van der Waals surface area contributed by atoms with Crippen molar-refractivity contribution in [2.24, 2.45) is 0 Å². The fourth-order valence-corrected chi connectivity index (χ4v) is 2.72. The standard InChI is InChI=1S/C18H11ClN2/c19-13-6-3-5-12(11-13)14-7-4-10-17-18(14)21-16-9-2-1-8-15(16)20-17/h1-11H. The van der Waals surface area contributed by atoms with Crippen LogP contribution < -0.4 is 0 Å². The molecule has 0 aliphatic heterocycles. The van der Waals surface area contributed by atoms with Crippen LogP contribution in [0.4, 0.5) is 0 Å². The highest BCUT2D eigenvalue weighted by Crippen LogP contribution is 2.29. The van der Waals surface area contributed by atoms with Crippen LogP contribution in [-0.4, -0.2) is 9.97 Å². The molecule has 0 spiro atoms. The third kappa shape index (κ3) is 2.14. The summed E-state index contributed by atoms with van der Waals surface area (Å²) in [5, 5.41) is 0.721. The van der Waals surface area contributed by atoms with Crippen LogP contribution in [0.2, 0.25) is 5.02 Å². The molecule has 4 rings (SSSR count). The van der Waals surface area contributed by atoms with E-state index in [-0.39, 0.29) is 0 Å². The third-order valence-corrected chi connectivity index (χ3v) is 3.74. The van der Waals surface area contributed by atoms with Crippen LogP contribution in [0.25, 0.3) is 33.2 Å². The summed E-state index contributed by atoms with van der Waals surface area (Å²) in [6.45, 7) is 0. The van der Waals surface area contributed by atoms with E-state index in [1.54, 1.807) is 0 Å². The van der Waals surface area contributed by atoms with Gasteiger partial charge in [-0.25, -0.2) is 9.97 Å². The molecule has 0 aliphatic rings. The molecule has 3 aromatic carbocycles. The number of hydrogen-bond donors (Lipinski definition) is 0. The van der Waals surface area contributed by atoms with Gasteiger partial charge in [-0.05, 0) is 35.9 Å². The number of benzene rings is 3. The van der Waals surface area contributed by atoms with Crippen LogP contribution in [-0.2, 0) is 0 Å². The highest BCUT2D eigenvalue weighted by molar-refractivity contribution is 6.30. The van der Waals surface area contributed by atoms with Gasteiger partial charge in [0.2, 0.25) is 0 Å². The van der Waals surface area contributed by atoms with Crippen molar-refractivity contribution in [3.63, 3.8) is 0 Å². The second-order valence-electron chi connectivity index (χ2n) is 4.90. The van der Waals surface area contributed by atoms with Gasteiger partial charge in [0.15, 0.2) is 0 Å². The van der Waals surface area contributed by atoms with E-state index < -0.39 is 0 Å². The van der Waals surface area contributed by atoms with Crippen LogP contribution in [0.3, 0.4) is 0 Å². The Kier molecular flexibility index (Phi) is 2.83. The maximum Gasteiger partial charge on any atom is 0.0972 e. The van der Waals surface area contributed by atoms with Crippen LogP contribution in [0.1, 0.15) is 0 Å². The molecule has 0 saturated carbocycles. The number of rotatable bonds is 1. The summed E-state index contributed by atoms with van der Waals surface area (Å²) >= 11 is 6.10. The van der Waals surface area contributed by atoms with Crippen molar-refractivity contribution in [2.75, 3.05) is 0 Å². The normalized spacial score (nSPS) is 11.1. The lowest BCUT2D eigenvalue weighted by Gasteiger charge is -2.07. The zero-order valence-electron chi connectivity index (χ0n) is 11.1. The molecular weight excluding hydrogens is 280 g/mol. The smallest absolute Gasteiger partial charge is 0.0972 e. The number of nitrogens with zero attached hydrogens (tertiary/aromatic N) is 2. The summed E-state index contributed by atoms with van der Waals surface area (Å²) in [5.74, 6) is 0. The summed E-state index contributed by atoms with van der Waals surface area (Å²) in [7, 11) is 0. The highest BCUT2D eigenvalue weighted by atomic mass is 35.5. The van der Waals surface area contributed by atoms with Crippen molar-refractivity contribution in [3.8, 4) is 11.1 Å². The Balaban J connectivity index is 2.07. The Bertz CT molecular complexity index is 963. The fraction of sp³-hybridized carbons (Fsp3) is 0. The molecule has 100 valence electrons. The zero-order valence-corrected chi connectivity index (χ0v) is 11.9. The minimum Gasteiger partial charge on any atom is -0.244 e. The van der Waals surface area contributed by atoms with Crippen molar-refractivity contribution in [1.82, 2.24) is 9.97 Å². The van der Waals surface area contributed by atoms with Crippen molar-refractivity contribution < 1.29 is 0 Å². The number of halogens is 1. The molecule has 2 nitrogen and oxygen atoms in total.